The number of carbonyl (C=O) groups excluding carboxylic acids is 1. The van der Waals surface area contributed by atoms with E-state index in [2.05, 4.69) is 9.97 Å². The second-order valence-corrected chi connectivity index (χ2v) is 4.08. The van der Waals surface area contributed by atoms with E-state index in [1.165, 1.54) is 18.2 Å². The van der Waals surface area contributed by atoms with Crippen molar-refractivity contribution in [2.75, 3.05) is 0 Å². The molecule has 0 fully saturated rings. The molecule has 98 valence electrons. The van der Waals surface area contributed by atoms with Gasteiger partial charge in [-0.2, -0.15) is 13.2 Å². The van der Waals surface area contributed by atoms with Crippen LogP contribution in [-0.4, -0.2) is 16.3 Å². The lowest BCUT2D eigenvalue weighted by Crippen LogP contribution is -2.10. The van der Waals surface area contributed by atoms with Gasteiger partial charge in [-0.05, 0) is 17.7 Å². The summed E-state index contributed by atoms with van der Waals surface area (Å²) in [6.07, 6.45) is -1.98. The van der Waals surface area contributed by atoms with Crippen LogP contribution < -0.4 is 0 Å². The van der Waals surface area contributed by atoms with Crippen molar-refractivity contribution in [3.8, 4) is 11.1 Å². The highest BCUT2D eigenvalue weighted by atomic mass is 35.5. The molecule has 19 heavy (non-hydrogen) atoms. The lowest BCUT2D eigenvalue weighted by molar-refractivity contribution is -0.144. The predicted octanol–water partition coefficient (Wildman–Crippen LogP) is 3.63. The Kier molecular flexibility index (Phi) is 3.53. The van der Waals surface area contributed by atoms with Crippen LogP contribution in [0.5, 0.6) is 0 Å². The van der Waals surface area contributed by atoms with Crippen LogP contribution in [0, 0.1) is 0 Å². The van der Waals surface area contributed by atoms with Gasteiger partial charge >= 0.3 is 6.18 Å². The van der Waals surface area contributed by atoms with Gasteiger partial charge in [-0.25, -0.2) is 9.97 Å². The molecule has 0 radical (unpaired) electrons. The fourth-order valence-corrected chi connectivity index (χ4v) is 1.69. The number of aromatic nitrogens is 2. The molecule has 0 unspecified atom stereocenters. The van der Waals surface area contributed by atoms with Crippen molar-refractivity contribution in [2.45, 2.75) is 6.18 Å². The molecular formula is C12H6ClF3N2O. The molecule has 1 heterocycles. The molecule has 1 aromatic heterocycles. The summed E-state index contributed by atoms with van der Waals surface area (Å²) >= 11 is 5.73. The van der Waals surface area contributed by atoms with Crippen LogP contribution >= 0.6 is 11.6 Å². The van der Waals surface area contributed by atoms with E-state index in [4.69, 9.17) is 11.6 Å². The first-order chi connectivity index (χ1) is 8.91. The van der Waals surface area contributed by atoms with Crippen molar-refractivity contribution in [3.63, 3.8) is 0 Å². The molecule has 2 rings (SSSR count). The third-order valence-corrected chi connectivity index (χ3v) is 2.59. The summed E-state index contributed by atoms with van der Waals surface area (Å²) in [6.45, 7) is 0. The van der Waals surface area contributed by atoms with Crippen LogP contribution in [0.3, 0.4) is 0 Å². The monoisotopic (exact) mass is 286 g/mol. The topological polar surface area (TPSA) is 42.9 Å². The second kappa shape index (κ2) is 4.97. The van der Waals surface area contributed by atoms with Gasteiger partial charge in [0.25, 0.3) is 0 Å². The molecule has 0 atom stereocenters. The van der Waals surface area contributed by atoms with Gasteiger partial charge in [-0.15, -0.1) is 0 Å². The van der Waals surface area contributed by atoms with Crippen molar-refractivity contribution in [2.24, 2.45) is 0 Å². The molecule has 0 aliphatic heterocycles. The van der Waals surface area contributed by atoms with Crippen molar-refractivity contribution in [3.05, 3.63) is 47.0 Å². The smallest absolute Gasteiger partial charge is 0.298 e. The number of hydrogen-bond donors (Lipinski definition) is 0. The quantitative estimate of drug-likeness (QED) is 0.792. The molecule has 7 heteroatoms. The fraction of sp³-hybridized carbons (Fsp3) is 0.0833. The molecule has 0 aliphatic carbocycles. The number of aldehydes is 1. The summed E-state index contributed by atoms with van der Waals surface area (Å²) in [5.74, 6) is -1.22. The Morgan fingerprint density at radius 3 is 2.32 bits per heavy atom. The van der Waals surface area contributed by atoms with Gasteiger partial charge in [-0.3, -0.25) is 4.79 Å². The number of alkyl halides is 3. The van der Waals surface area contributed by atoms with Crippen molar-refractivity contribution < 1.29 is 18.0 Å². The number of benzene rings is 1. The van der Waals surface area contributed by atoms with Crippen LogP contribution in [0.1, 0.15) is 16.2 Å². The van der Waals surface area contributed by atoms with Crippen LogP contribution in [-0.2, 0) is 6.18 Å². The van der Waals surface area contributed by atoms with Crippen molar-refractivity contribution in [1.82, 2.24) is 9.97 Å². The van der Waals surface area contributed by atoms with E-state index >= 15 is 0 Å². The standard InChI is InChI=1S/C12H6ClF3N2O/c13-9-1-2-10(7(3-9)6-19)8-4-17-11(18-5-8)12(14,15)16/h1-6H. The molecule has 1 aromatic carbocycles. The Bertz CT molecular complexity index is 611. The summed E-state index contributed by atoms with van der Waals surface area (Å²) in [5, 5.41) is 0.360. The second-order valence-electron chi connectivity index (χ2n) is 3.64. The maximum Gasteiger partial charge on any atom is 0.451 e. The minimum Gasteiger partial charge on any atom is -0.298 e. The van der Waals surface area contributed by atoms with Gasteiger partial charge in [0.15, 0.2) is 6.29 Å². The van der Waals surface area contributed by atoms with E-state index in [1.807, 2.05) is 0 Å². The van der Waals surface area contributed by atoms with Gasteiger partial charge in [0.1, 0.15) is 0 Å². The average Bonchev–Trinajstić information content (AvgIpc) is 2.37. The first-order valence-corrected chi connectivity index (χ1v) is 5.44. The zero-order chi connectivity index (χ0) is 14.0. The SMILES string of the molecule is O=Cc1cc(Cl)ccc1-c1cnc(C(F)(F)F)nc1. The van der Waals surface area contributed by atoms with Gasteiger partial charge < -0.3 is 0 Å². The molecule has 2 aromatic rings. The van der Waals surface area contributed by atoms with E-state index in [0.717, 1.165) is 12.4 Å². The maximum absolute atomic E-state index is 12.3. The molecule has 0 amide bonds. The van der Waals surface area contributed by atoms with Gasteiger partial charge in [0.05, 0.1) is 0 Å². The lowest BCUT2D eigenvalue weighted by atomic mass is 10.0. The normalized spacial score (nSPS) is 11.4. The van der Waals surface area contributed by atoms with Crippen LogP contribution in [0.2, 0.25) is 5.02 Å². The minimum absolute atomic E-state index is 0.260. The summed E-state index contributed by atoms with van der Waals surface area (Å²) in [4.78, 5) is 17.4. The van der Waals surface area contributed by atoms with Crippen LogP contribution in [0.4, 0.5) is 13.2 Å². The van der Waals surface area contributed by atoms with E-state index in [-0.39, 0.29) is 5.56 Å². The van der Waals surface area contributed by atoms with Crippen molar-refractivity contribution >= 4 is 17.9 Å². The highest BCUT2D eigenvalue weighted by Crippen LogP contribution is 2.28. The summed E-state index contributed by atoms with van der Waals surface area (Å²) in [6, 6.07) is 4.47. The Hall–Kier alpha value is -1.95. The zero-order valence-corrected chi connectivity index (χ0v) is 10.0. The molecular weight excluding hydrogens is 281 g/mol. The van der Waals surface area contributed by atoms with E-state index in [0.29, 0.717) is 22.4 Å². The lowest BCUT2D eigenvalue weighted by Gasteiger charge is -2.07. The Morgan fingerprint density at radius 1 is 1.16 bits per heavy atom. The highest BCUT2D eigenvalue weighted by molar-refractivity contribution is 6.31. The average molecular weight is 287 g/mol. The van der Waals surface area contributed by atoms with Crippen molar-refractivity contribution in [1.29, 1.82) is 0 Å². The molecule has 0 aliphatic rings. The predicted molar refractivity (Wildman–Crippen MR) is 62.9 cm³/mol. The van der Waals surface area contributed by atoms with Gasteiger partial charge in [0.2, 0.25) is 5.82 Å². The third-order valence-electron chi connectivity index (χ3n) is 2.36. The number of hydrogen-bond acceptors (Lipinski definition) is 3. The van der Waals surface area contributed by atoms with Gasteiger partial charge in [0, 0.05) is 28.5 Å². The summed E-state index contributed by atoms with van der Waals surface area (Å²) in [5.41, 5.74) is 0.996. The molecule has 3 nitrogen and oxygen atoms in total. The number of rotatable bonds is 2. The van der Waals surface area contributed by atoms with Gasteiger partial charge in [-0.1, -0.05) is 17.7 Å². The largest absolute Gasteiger partial charge is 0.451 e. The van der Waals surface area contributed by atoms with E-state index in [9.17, 15) is 18.0 Å². The Balaban J connectivity index is 2.46. The number of carbonyl (C=O) groups is 1. The van der Waals surface area contributed by atoms with E-state index < -0.39 is 12.0 Å². The van der Waals surface area contributed by atoms with Crippen LogP contribution in [0.15, 0.2) is 30.6 Å². The zero-order valence-electron chi connectivity index (χ0n) is 9.28. The molecule has 0 saturated heterocycles. The third kappa shape index (κ3) is 2.90. The number of nitrogens with zero attached hydrogens (tertiary/aromatic N) is 2. The maximum atomic E-state index is 12.3. The minimum atomic E-state index is -4.59. The Labute approximate surface area is 111 Å². The molecule has 0 bridgehead atoms. The van der Waals surface area contributed by atoms with E-state index in [1.54, 1.807) is 0 Å². The summed E-state index contributed by atoms with van der Waals surface area (Å²) in [7, 11) is 0. The fourth-order valence-electron chi connectivity index (χ4n) is 1.51. The highest BCUT2D eigenvalue weighted by Gasteiger charge is 2.34. The molecule has 0 spiro atoms. The summed E-state index contributed by atoms with van der Waals surface area (Å²) < 4.78 is 37.0. The first kappa shape index (κ1) is 13.5. The molecule has 0 saturated carbocycles. The Morgan fingerprint density at radius 2 is 1.79 bits per heavy atom. The first-order valence-electron chi connectivity index (χ1n) is 5.06. The molecule has 0 N–H and O–H groups in total. The van der Waals surface area contributed by atoms with Crippen LogP contribution in [0.25, 0.3) is 11.1 Å². The number of halogens is 4.